The Bertz CT molecular complexity index is 1230. The lowest BCUT2D eigenvalue weighted by Crippen LogP contribution is -2.19. The monoisotopic (exact) mass is 452 g/mol. The molecule has 3 aromatic rings. The Hall–Kier alpha value is -3.29. The highest BCUT2D eigenvalue weighted by Gasteiger charge is 2.24. The van der Waals surface area contributed by atoms with E-state index in [4.69, 9.17) is 16.0 Å². The molecule has 2 N–H and O–H groups in total. The van der Waals surface area contributed by atoms with E-state index in [1.807, 2.05) is 24.3 Å². The molecule has 0 aliphatic carbocycles. The summed E-state index contributed by atoms with van der Waals surface area (Å²) >= 11 is 7.42. The standard InChI is InChI=1S/C23H17ClN2O4S/c1-2-13-3-6-15(7-4-13)25-23-26-21(27)20(31-23)12-16-8-10-19(30-16)17-11-14(22(28)29)5-9-18(17)24/h3-12H,2H2,1H3,(H,28,29)(H,25,26,27)/b20-12-. The van der Waals surface area contributed by atoms with Gasteiger partial charge in [-0.2, -0.15) is 0 Å². The van der Waals surface area contributed by atoms with Crippen LogP contribution in [-0.4, -0.2) is 22.2 Å². The number of carboxylic acid groups (broad SMARTS) is 1. The first-order valence-electron chi connectivity index (χ1n) is 9.44. The van der Waals surface area contributed by atoms with Gasteiger partial charge in [0.1, 0.15) is 11.5 Å². The highest BCUT2D eigenvalue weighted by Crippen LogP contribution is 2.33. The molecule has 1 fully saturated rings. The Morgan fingerprint density at radius 2 is 1.97 bits per heavy atom. The Kier molecular flexibility index (Phi) is 5.97. The molecular formula is C23H17ClN2O4S. The van der Waals surface area contributed by atoms with Crippen LogP contribution in [0.15, 0.2) is 68.9 Å². The number of benzene rings is 2. The van der Waals surface area contributed by atoms with Crippen LogP contribution in [0.4, 0.5) is 5.69 Å². The van der Waals surface area contributed by atoms with Crippen molar-refractivity contribution >= 4 is 52.2 Å². The number of carbonyl (C=O) groups is 2. The van der Waals surface area contributed by atoms with E-state index in [-0.39, 0.29) is 11.5 Å². The van der Waals surface area contributed by atoms with Gasteiger partial charge >= 0.3 is 5.97 Å². The second-order valence-electron chi connectivity index (χ2n) is 6.70. The van der Waals surface area contributed by atoms with E-state index in [2.05, 4.69) is 17.2 Å². The minimum atomic E-state index is -1.05. The molecule has 4 rings (SSSR count). The van der Waals surface area contributed by atoms with E-state index in [0.29, 0.717) is 32.2 Å². The quantitative estimate of drug-likeness (QED) is 0.481. The first-order chi connectivity index (χ1) is 14.9. The SMILES string of the molecule is CCc1ccc(N=C2NC(=O)/C(=C/c3ccc(-c4cc(C(=O)O)ccc4Cl)o3)S2)cc1. The highest BCUT2D eigenvalue weighted by atomic mass is 35.5. The number of amidine groups is 1. The molecule has 8 heteroatoms. The van der Waals surface area contributed by atoms with E-state index < -0.39 is 5.97 Å². The van der Waals surface area contributed by atoms with E-state index in [0.717, 1.165) is 12.1 Å². The molecule has 0 radical (unpaired) electrons. The number of aliphatic imine (C=N–C) groups is 1. The first kappa shape index (κ1) is 21.0. The third-order valence-electron chi connectivity index (χ3n) is 4.61. The number of aromatic carboxylic acids is 1. The summed E-state index contributed by atoms with van der Waals surface area (Å²) in [5.41, 5.74) is 2.55. The maximum Gasteiger partial charge on any atom is 0.335 e. The molecule has 156 valence electrons. The van der Waals surface area contributed by atoms with Crippen LogP contribution in [0.2, 0.25) is 5.02 Å². The van der Waals surface area contributed by atoms with Crippen molar-refractivity contribution in [3.8, 4) is 11.3 Å². The lowest BCUT2D eigenvalue weighted by molar-refractivity contribution is -0.115. The lowest BCUT2D eigenvalue weighted by Gasteiger charge is -2.02. The van der Waals surface area contributed by atoms with Crippen LogP contribution in [0.25, 0.3) is 17.4 Å². The van der Waals surface area contributed by atoms with Gasteiger partial charge in [-0.25, -0.2) is 9.79 Å². The summed E-state index contributed by atoms with van der Waals surface area (Å²) in [5, 5.41) is 12.8. The molecule has 1 amide bonds. The third kappa shape index (κ3) is 4.73. The molecule has 0 unspecified atom stereocenters. The highest BCUT2D eigenvalue weighted by molar-refractivity contribution is 8.18. The zero-order valence-electron chi connectivity index (χ0n) is 16.4. The molecule has 1 aliphatic heterocycles. The zero-order chi connectivity index (χ0) is 22.0. The number of hydrogen-bond acceptors (Lipinski definition) is 5. The van der Waals surface area contributed by atoms with Crippen LogP contribution >= 0.6 is 23.4 Å². The number of furan rings is 1. The van der Waals surface area contributed by atoms with Gasteiger partial charge in [0.2, 0.25) is 0 Å². The summed E-state index contributed by atoms with van der Waals surface area (Å²) in [5.74, 6) is -0.467. The zero-order valence-corrected chi connectivity index (χ0v) is 18.0. The summed E-state index contributed by atoms with van der Waals surface area (Å²) in [7, 11) is 0. The molecular weight excluding hydrogens is 436 g/mol. The van der Waals surface area contributed by atoms with Crippen molar-refractivity contribution in [2.24, 2.45) is 4.99 Å². The molecule has 1 saturated heterocycles. The minimum Gasteiger partial charge on any atom is -0.478 e. The predicted octanol–water partition coefficient (Wildman–Crippen LogP) is 5.75. The number of nitrogens with zero attached hydrogens (tertiary/aromatic N) is 1. The van der Waals surface area contributed by atoms with Gasteiger partial charge in [-0.1, -0.05) is 30.7 Å². The molecule has 31 heavy (non-hydrogen) atoms. The van der Waals surface area contributed by atoms with E-state index in [9.17, 15) is 14.7 Å². The van der Waals surface area contributed by atoms with Crippen LogP contribution < -0.4 is 5.32 Å². The number of nitrogens with one attached hydrogen (secondary N) is 1. The van der Waals surface area contributed by atoms with Crippen LogP contribution in [0.3, 0.4) is 0 Å². The number of amides is 1. The van der Waals surface area contributed by atoms with Gasteiger partial charge in [0, 0.05) is 11.6 Å². The number of rotatable bonds is 5. The normalized spacial score (nSPS) is 16.1. The van der Waals surface area contributed by atoms with Crippen LogP contribution in [0, 0.1) is 0 Å². The fraction of sp³-hybridized carbons (Fsp3) is 0.0870. The number of carboxylic acids is 1. The van der Waals surface area contributed by atoms with Gasteiger partial charge in [-0.15, -0.1) is 0 Å². The van der Waals surface area contributed by atoms with Crippen molar-refractivity contribution in [3.63, 3.8) is 0 Å². The molecule has 0 saturated carbocycles. The Morgan fingerprint density at radius 1 is 1.19 bits per heavy atom. The van der Waals surface area contributed by atoms with Crippen molar-refractivity contribution < 1.29 is 19.1 Å². The van der Waals surface area contributed by atoms with Crippen LogP contribution in [-0.2, 0) is 11.2 Å². The maximum atomic E-state index is 12.3. The molecule has 6 nitrogen and oxygen atoms in total. The molecule has 1 aliphatic rings. The Balaban J connectivity index is 1.55. The van der Waals surface area contributed by atoms with Gasteiger partial charge in [0.15, 0.2) is 5.17 Å². The fourth-order valence-corrected chi connectivity index (χ4v) is 3.99. The molecule has 0 atom stereocenters. The molecule has 2 aromatic carbocycles. The van der Waals surface area contributed by atoms with Crippen molar-refractivity contribution in [3.05, 3.63) is 81.4 Å². The summed E-state index contributed by atoms with van der Waals surface area (Å²) < 4.78 is 5.79. The van der Waals surface area contributed by atoms with Crippen LogP contribution in [0.5, 0.6) is 0 Å². The Labute approximate surface area is 187 Å². The second kappa shape index (κ2) is 8.83. The van der Waals surface area contributed by atoms with Crippen LogP contribution in [0.1, 0.15) is 28.6 Å². The summed E-state index contributed by atoms with van der Waals surface area (Å²) in [6.45, 7) is 2.09. The number of carbonyl (C=O) groups excluding carboxylic acids is 1. The second-order valence-corrected chi connectivity index (χ2v) is 8.14. The predicted molar refractivity (Wildman–Crippen MR) is 123 cm³/mol. The van der Waals surface area contributed by atoms with Gasteiger partial charge < -0.3 is 14.8 Å². The molecule has 0 bridgehead atoms. The van der Waals surface area contributed by atoms with Crippen molar-refractivity contribution in [1.29, 1.82) is 0 Å². The van der Waals surface area contributed by atoms with E-state index >= 15 is 0 Å². The Morgan fingerprint density at radius 3 is 2.68 bits per heavy atom. The first-order valence-corrected chi connectivity index (χ1v) is 10.6. The summed E-state index contributed by atoms with van der Waals surface area (Å²) in [6.07, 6.45) is 2.56. The lowest BCUT2D eigenvalue weighted by atomic mass is 10.1. The minimum absolute atomic E-state index is 0.106. The molecule has 2 heterocycles. The number of thioether (sulfide) groups is 1. The van der Waals surface area contributed by atoms with Crippen molar-refractivity contribution in [2.45, 2.75) is 13.3 Å². The largest absolute Gasteiger partial charge is 0.478 e. The molecule has 1 aromatic heterocycles. The number of halogens is 1. The van der Waals surface area contributed by atoms with E-state index in [1.165, 1.54) is 35.5 Å². The summed E-state index contributed by atoms with van der Waals surface area (Å²) in [4.78, 5) is 28.5. The molecule has 0 spiro atoms. The van der Waals surface area contributed by atoms with Gasteiger partial charge in [-0.05, 0) is 66.2 Å². The maximum absolute atomic E-state index is 12.3. The number of aryl methyl sites for hydroxylation is 1. The van der Waals surface area contributed by atoms with Gasteiger partial charge in [-0.3, -0.25) is 4.79 Å². The average Bonchev–Trinajstić information content (AvgIpc) is 3.35. The van der Waals surface area contributed by atoms with Crippen molar-refractivity contribution in [2.75, 3.05) is 0 Å². The van der Waals surface area contributed by atoms with Gasteiger partial charge in [0.25, 0.3) is 5.91 Å². The smallest absolute Gasteiger partial charge is 0.335 e. The van der Waals surface area contributed by atoms with Crippen molar-refractivity contribution in [1.82, 2.24) is 5.32 Å². The third-order valence-corrected chi connectivity index (χ3v) is 5.84. The van der Waals surface area contributed by atoms with Gasteiger partial charge in [0.05, 0.1) is 21.2 Å². The van der Waals surface area contributed by atoms with E-state index in [1.54, 1.807) is 18.2 Å². The average molecular weight is 453 g/mol. The summed E-state index contributed by atoms with van der Waals surface area (Å²) in [6, 6.07) is 15.6. The fourth-order valence-electron chi connectivity index (χ4n) is 2.96. The topological polar surface area (TPSA) is 91.9 Å². The number of hydrogen-bond donors (Lipinski definition) is 2.